The number of azo groups is 1. The molecule has 27 heavy (non-hydrogen) atoms. The van der Waals surface area contributed by atoms with Crippen molar-refractivity contribution in [3.63, 3.8) is 0 Å². The van der Waals surface area contributed by atoms with Gasteiger partial charge in [-0.2, -0.15) is 10.2 Å². The van der Waals surface area contributed by atoms with Gasteiger partial charge in [0.2, 0.25) is 0 Å². The van der Waals surface area contributed by atoms with E-state index in [1.165, 1.54) is 0 Å². The van der Waals surface area contributed by atoms with Crippen molar-refractivity contribution in [3.8, 4) is 11.5 Å². The Morgan fingerprint density at radius 3 is 2.19 bits per heavy atom. The zero-order chi connectivity index (χ0) is 19.7. The predicted octanol–water partition coefficient (Wildman–Crippen LogP) is 4.72. The van der Waals surface area contributed by atoms with E-state index >= 15 is 0 Å². The van der Waals surface area contributed by atoms with Gasteiger partial charge in [0.15, 0.2) is 11.5 Å². The third-order valence-electron chi connectivity index (χ3n) is 4.85. The molecular weight excluding hydrogens is 346 g/mol. The second-order valence-electron chi connectivity index (χ2n) is 6.85. The molecule has 3 rings (SSSR count). The van der Waals surface area contributed by atoms with Gasteiger partial charge in [0.1, 0.15) is 6.04 Å². The van der Waals surface area contributed by atoms with Crippen molar-refractivity contribution in [2.45, 2.75) is 39.3 Å². The molecule has 7 heteroatoms. The van der Waals surface area contributed by atoms with E-state index in [1.54, 1.807) is 28.1 Å². The Balaban J connectivity index is 2.20. The Bertz CT molecular complexity index is 901. The van der Waals surface area contributed by atoms with Gasteiger partial charge in [-0.3, -0.25) is 10.1 Å². The Labute approximate surface area is 158 Å². The lowest BCUT2D eigenvalue weighted by atomic mass is 9.90. The fourth-order valence-corrected chi connectivity index (χ4v) is 3.65. The summed E-state index contributed by atoms with van der Waals surface area (Å²) in [6.45, 7) is 5.51. The van der Waals surface area contributed by atoms with Crippen LogP contribution in [-0.4, -0.2) is 25.2 Å². The van der Waals surface area contributed by atoms with Crippen molar-refractivity contribution in [1.82, 2.24) is 0 Å². The van der Waals surface area contributed by atoms with Gasteiger partial charge in [-0.1, -0.05) is 0 Å². The first-order valence-electron chi connectivity index (χ1n) is 8.76. The molecule has 2 aromatic carbocycles. The summed E-state index contributed by atoms with van der Waals surface area (Å²) in [5, 5.41) is 20.3. The molecule has 0 aromatic heterocycles. The number of nitro groups is 1. The number of nitrogens with zero attached hydrogens (tertiary/aromatic N) is 3. The van der Waals surface area contributed by atoms with E-state index < -0.39 is 0 Å². The molecule has 0 amide bonds. The fourth-order valence-electron chi connectivity index (χ4n) is 3.65. The quantitative estimate of drug-likeness (QED) is 0.576. The van der Waals surface area contributed by atoms with E-state index in [-0.39, 0.29) is 22.7 Å². The molecule has 0 radical (unpaired) electrons. The number of methoxy groups -OCH3 is 2. The standard InChI is InChI=1S/C20H23N3O4/c1-11-6-15(7-12(2)20(11)23(24)25)19-16-10-18(27-5)17(26-4)9-14(16)8-13(3)21-22-19/h6-7,9-10,13,19H,8H2,1-5H3/t13-,19?/m1/s1. The summed E-state index contributed by atoms with van der Waals surface area (Å²) >= 11 is 0. The maximum atomic E-state index is 11.3. The van der Waals surface area contributed by atoms with Gasteiger partial charge in [0.05, 0.1) is 25.2 Å². The van der Waals surface area contributed by atoms with Crippen molar-refractivity contribution in [1.29, 1.82) is 0 Å². The number of ether oxygens (including phenoxy) is 2. The minimum Gasteiger partial charge on any atom is -0.493 e. The molecule has 0 N–H and O–H groups in total. The lowest BCUT2D eigenvalue weighted by molar-refractivity contribution is -0.386. The monoisotopic (exact) mass is 369 g/mol. The van der Waals surface area contributed by atoms with Crippen molar-refractivity contribution in [2.24, 2.45) is 10.2 Å². The molecule has 0 aliphatic carbocycles. The average molecular weight is 369 g/mol. The van der Waals surface area contributed by atoms with Crippen LogP contribution < -0.4 is 9.47 Å². The maximum absolute atomic E-state index is 11.3. The first kappa shape index (κ1) is 18.8. The summed E-state index contributed by atoms with van der Waals surface area (Å²) in [4.78, 5) is 11.0. The van der Waals surface area contributed by atoms with E-state index in [1.807, 2.05) is 31.2 Å². The highest BCUT2D eigenvalue weighted by atomic mass is 16.6. The second-order valence-corrected chi connectivity index (χ2v) is 6.85. The Hall–Kier alpha value is -2.96. The molecule has 2 atom stereocenters. The molecule has 0 spiro atoms. The predicted molar refractivity (Wildman–Crippen MR) is 102 cm³/mol. The molecule has 0 bridgehead atoms. The molecule has 2 aromatic rings. The van der Waals surface area contributed by atoms with Gasteiger partial charge in [-0.25, -0.2) is 0 Å². The maximum Gasteiger partial charge on any atom is 0.275 e. The first-order chi connectivity index (χ1) is 12.8. The van der Waals surface area contributed by atoms with Crippen LogP contribution in [0.5, 0.6) is 11.5 Å². The molecule has 1 aliphatic heterocycles. The molecular formula is C20H23N3O4. The second kappa shape index (κ2) is 7.34. The lowest BCUT2D eigenvalue weighted by Crippen LogP contribution is -2.06. The average Bonchev–Trinajstić information content (AvgIpc) is 2.77. The van der Waals surface area contributed by atoms with Gasteiger partial charge >= 0.3 is 0 Å². The molecule has 1 heterocycles. The van der Waals surface area contributed by atoms with Crippen LogP contribution in [0.25, 0.3) is 0 Å². The topological polar surface area (TPSA) is 86.3 Å². The number of hydrogen-bond donors (Lipinski definition) is 0. The van der Waals surface area contributed by atoms with Crippen LogP contribution in [0.3, 0.4) is 0 Å². The van der Waals surface area contributed by atoms with Crippen molar-refractivity contribution in [2.75, 3.05) is 14.2 Å². The third kappa shape index (κ3) is 3.49. The van der Waals surface area contributed by atoms with Crippen LogP contribution in [0, 0.1) is 24.0 Å². The zero-order valence-corrected chi connectivity index (χ0v) is 16.1. The van der Waals surface area contributed by atoms with Gasteiger partial charge in [0, 0.05) is 11.1 Å². The lowest BCUT2D eigenvalue weighted by Gasteiger charge is -2.18. The van der Waals surface area contributed by atoms with Crippen LogP contribution >= 0.6 is 0 Å². The molecule has 142 valence electrons. The van der Waals surface area contributed by atoms with E-state index in [0.717, 1.165) is 23.1 Å². The molecule has 0 saturated carbocycles. The number of benzene rings is 2. The molecule has 0 saturated heterocycles. The Morgan fingerprint density at radius 1 is 1.04 bits per heavy atom. The van der Waals surface area contributed by atoms with Gasteiger partial charge < -0.3 is 9.47 Å². The molecule has 1 aliphatic rings. The van der Waals surface area contributed by atoms with Crippen LogP contribution in [0.4, 0.5) is 5.69 Å². The van der Waals surface area contributed by atoms with Crippen molar-refractivity contribution >= 4 is 5.69 Å². The van der Waals surface area contributed by atoms with Crippen molar-refractivity contribution in [3.05, 3.63) is 62.2 Å². The van der Waals surface area contributed by atoms with Gasteiger partial charge in [-0.15, -0.1) is 0 Å². The molecule has 7 nitrogen and oxygen atoms in total. The summed E-state index contributed by atoms with van der Waals surface area (Å²) in [5.74, 6) is 1.29. The summed E-state index contributed by atoms with van der Waals surface area (Å²) in [5.41, 5.74) is 4.32. The van der Waals surface area contributed by atoms with E-state index in [2.05, 4.69) is 10.2 Å². The highest BCUT2D eigenvalue weighted by Gasteiger charge is 2.26. The number of nitro benzene ring substituents is 1. The Morgan fingerprint density at radius 2 is 1.63 bits per heavy atom. The fraction of sp³-hybridized carbons (Fsp3) is 0.400. The minimum absolute atomic E-state index is 0.0343. The highest BCUT2D eigenvalue weighted by molar-refractivity contribution is 5.54. The minimum atomic E-state index is -0.344. The summed E-state index contributed by atoms with van der Waals surface area (Å²) in [6.07, 6.45) is 0.737. The van der Waals surface area contributed by atoms with Crippen molar-refractivity contribution < 1.29 is 14.4 Å². The van der Waals surface area contributed by atoms with E-state index in [4.69, 9.17) is 9.47 Å². The van der Waals surface area contributed by atoms with E-state index in [9.17, 15) is 10.1 Å². The largest absolute Gasteiger partial charge is 0.493 e. The number of aryl methyl sites for hydroxylation is 2. The van der Waals surface area contributed by atoms with Crippen LogP contribution in [0.2, 0.25) is 0 Å². The SMILES string of the molecule is COc1cc2c(cc1OC)C(c1cc(C)c([N+](=O)[O-])c(C)c1)N=N[C@H](C)C2. The molecule has 1 unspecified atom stereocenters. The highest BCUT2D eigenvalue weighted by Crippen LogP contribution is 2.40. The summed E-state index contributed by atoms with van der Waals surface area (Å²) in [6, 6.07) is 7.24. The number of hydrogen-bond acceptors (Lipinski definition) is 6. The van der Waals surface area contributed by atoms with Crippen LogP contribution in [0.1, 0.15) is 40.8 Å². The van der Waals surface area contributed by atoms with E-state index in [0.29, 0.717) is 22.6 Å². The van der Waals surface area contributed by atoms with Gasteiger partial charge in [0.25, 0.3) is 5.69 Å². The van der Waals surface area contributed by atoms with Gasteiger partial charge in [-0.05, 0) is 68.1 Å². The summed E-state index contributed by atoms with van der Waals surface area (Å²) < 4.78 is 10.9. The smallest absolute Gasteiger partial charge is 0.275 e. The normalized spacial score (nSPS) is 18.6. The molecule has 0 fully saturated rings. The van der Waals surface area contributed by atoms with Crippen LogP contribution in [0.15, 0.2) is 34.5 Å². The number of fused-ring (bicyclic) bond motifs is 1. The zero-order valence-electron chi connectivity index (χ0n) is 16.1. The third-order valence-corrected chi connectivity index (χ3v) is 4.85. The summed E-state index contributed by atoms with van der Waals surface area (Å²) in [7, 11) is 3.21. The first-order valence-corrected chi connectivity index (χ1v) is 8.76. The Kier molecular flexibility index (Phi) is 5.12. The number of rotatable bonds is 4. The van der Waals surface area contributed by atoms with Crippen LogP contribution in [-0.2, 0) is 6.42 Å².